The van der Waals surface area contributed by atoms with E-state index in [1.54, 1.807) is 4.90 Å². The summed E-state index contributed by atoms with van der Waals surface area (Å²) in [7, 11) is 1.54. The Labute approximate surface area is 139 Å². The number of amides is 1. The van der Waals surface area contributed by atoms with Crippen molar-refractivity contribution < 1.29 is 9.72 Å². The maximum Gasteiger partial charge on any atom is 0.323 e. The van der Waals surface area contributed by atoms with Gasteiger partial charge in [0.15, 0.2) is 5.69 Å². The van der Waals surface area contributed by atoms with Crippen LogP contribution in [0.5, 0.6) is 0 Å². The summed E-state index contributed by atoms with van der Waals surface area (Å²) < 4.78 is 1.33. The van der Waals surface area contributed by atoms with Crippen LogP contribution >= 0.6 is 0 Å². The van der Waals surface area contributed by atoms with Crippen LogP contribution in [0.2, 0.25) is 0 Å². The normalized spacial score (nSPS) is 20.3. The first kappa shape index (κ1) is 16.2. The third-order valence-electron chi connectivity index (χ3n) is 4.76. The smallest absolute Gasteiger partial charge is 0.323 e. The summed E-state index contributed by atoms with van der Waals surface area (Å²) in [5, 5.41) is 11.0. The van der Waals surface area contributed by atoms with Crippen molar-refractivity contribution >= 4 is 11.7 Å². The van der Waals surface area contributed by atoms with Crippen molar-refractivity contribution in [2.75, 3.05) is 19.6 Å². The van der Waals surface area contributed by atoms with Crippen LogP contribution in [0.3, 0.4) is 0 Å². The minimum Gasteiger partial charge on any atom is -0.358 e. The van der Waals surface area contributed by atoms with Crippen molar-refractivity contribution in [3.63, 3.8) is 0 Å². The molecule has 7 nitrogen and oxygen atoms in total. The number of hydrogen-bond donors (Lipinski definition) is 1. The fraction of sp³-hybridized carbons (Fsp3) is 0.353. The van der Waals surface area contributed by atoms with Gasteiger partial charge in [-0.2, -0.15) is 0 Å². The lowest BCUT2D eigenvalue weighted by molar-refractivity contribution is -0.391. The Morgan fingerprint density at radius 1 is 1.25 bits per heavy atom. The Bertz CT molecular complexity index is 756. The minimum atomic E-state index is -0.490. The lowest BCUT2D eigenvalue weighted by Gasteiger charge is -2.16. The summed E-state index contributed by atoms with van der Waals surface area (Å²) in [6.07, 6.45) is 0. The molecule has 0 unspecified atom stereocenters. The summed E-state index contributed by atoms with van der Waals surface area (Å²) in [6.45, 7) is 1.63. The summed E-state index contributed by atoms with van der Waals surface area (Å²) in [6, 6.07) is 12.9. The summed E-state index contributed by atoms with van der Waals surface area (Å²) >= 11 is 0. The average Bonchev–Trinajstić information content (AvgIpc) is 3.18. The largest absolute Gasteiger partial charge is 0.358 e. The lowest BCUT2D eigenvalue weighted by Crippen LogP contribution is -2.31. The molecule has 1 amide bonds. The molecule has 0 bridgehead atoms. The Kier molecular flexibility index (Phi) is 4.35. The molecule has 1 aliphatic heterocycles. The van der Waals surface area contributed by atoms with E-state index >= 15 is 0 Å². The van der Waals surface area contributed by atoms with Gasteiger partial charge in [-0.05, 0) is 29.0 Å². The number of carbonyl (C=O) groups is 1. The second-order valence-corrected chi connectivity index (χ2v) is 6.12. The van der Waals surface area contributed by atoms with Crippen LogP contribution in [0.25, 0.3) is 0 Å². The van der Waals surface area contributed by atoms with Crippen molar-refractivity contribution in [2.24, 2.45) is 18.7 Å². The van der Waals surface area contributed by atoms with E-state index < -0.39 is 4.92 Å². The summed E-state index contributed by atoms with van der Waals surface area (Å²) in [5.74, 6) is 0.0945. The van der Waals surface area contributed by atoms with Gasteiger partial charge in [-0.1, -0.05) is 30.3 Å². The molecule has 2 N–H and O–H groups in total. The number of nitrogens with two attached hydrogens (primary N) is 1. The van der Waals surface area contributed by atoms with Gasteiger partial charge in [0.2, 0.25) is 0 Å². The van der Waals surface area contributed by atoms with Gasteiger partial charge >= 0.3 is 5.82 Å². The Morgan fingerprint density at radius 2 is 1.96 bits per heavy atom. The number of benzene rings is 1. The molecule has 7 heteroatoms. The van der Waals surface area contributed by atoms with Crippen LogP contribution in [-0.2, 0) is 7.05 Å². The van der Waals surface area contributed by atoms with Crippen molar-refractivity contribution in [2.45, 2.75) is 5.92 Å². The van der Waals surface area contributed by atoms with Gasteiger partial charge in [0.1, 0.15) is 0 Å². The first-order valence-electron chi connectivity index (χ1n) is 7.87. The SMILES string of the molecule is Cn1c(C(=O)N2C[C@@H](CN)[C@H](c3ccccc3)C2)ccc1[N+](=O)[O-]. The van der Waals surface area contributed by atoms with E-state index in [9.17, 15) is 14.9 Å². The number of hydrogen-bond acceptors (Lipinski definition) is 4. The topological polar surface area (TPSA) is 94.4 Å². The van der Waals surface area contributed by atoms with E-state index in [1.807, 2.05) is 18.2 Å². The number of rotatable bonds is 4. The monoisotopic (exact) mass is 328 g/mol. The van der Waals surface area contributed by atoms with E-state index in [1.165, 1.54) is 29.3 Å². The third-order valence-corrected chi connectivity index (χ3v) is 4.76. The molecule has 0 aliphatic carbocycles. The highest BCUT2D eigenvalue weighted by atomic mass is 16.6. The van der Waals surface area contributed by atoms with E-state index in [2.05, 4.69) is 12.1 Å². The molecule has 1 saturated heterocycles. The predicted octanol–water partition coefficient (Wildman–Crippen LogP) is 1.75. The highest BCUT2D eigenvalue weighted by molar-refractivity contribution is 5.93. The Hall–Kier alpha value is -2.67. The van der Waals surface area contributed by atoms with Gasteiger partial charge < -0.3 is 20.7 Å². The molecule has 3 rings (SSSR count). The van der Waals surface area contributed by atoms with Crippen LogP contribution < -0.4 is 5.73 Å². The molecule has 2 heterocycles. The lowest BCUT2D eigenvalue weighted by atomic mass is 9.89. The number of carbonyl (C=O) groups excluding carboxylic acids is 1. The van der Waals surface area contributed by atoms with E-state index in [0.29, 0.717) is 25.3 Å². The maximum absolute atomic E-state index is 12.8. The van der Waals surface area contributed by atoms with Crippen molar-refractivity contribution in [1.29, 1.82) is 0 Å². The zero-order chi connectivity index (χ0) is 17.3. The van der Waals surface area contributed by atoms with Gasteiger partial charge in [-0.25, -0.2) is 4.57 Å². The highest BCUT2D eigenvalue weighted by Gasteiger charge is 2.37. The molecule has 0 saturated carbocycles. The number of aromatic nitrogens is 1. The Balaban J connectivity index is 1.83. The maximum atomic E-state index is 12.8. The standard InChI is InChI=1S/C17H20N4O3/c1-19-15(7-8-16(19)21(23)24)17(22)20-10-13(9-18)14(11-20)12-5-3-2-4-6-12/h2-8,13-14H,9-11,18H2,1H3/t13-,14+/m1/s1. The molecule has 0 spiro atoms. The summed E-state index contributed by atoms with van der Waals surface area (Å²) in [4.78, 5) is 25.0. The second-order valence-electron chi connectivity index (χ2n) is 6.12. The first-order valence-corrected chi connectivity index (χ1v) is 7.87. The van der Waals surface area contributed by atoms with Gasteiger partial charge in [0.25, 0.3) is 5.91 Å². The van der Waals surface area contributed by atoms with Crippen LogP contribution in [0.1, 0.15) is 22.0 Å². The molecule has 1 aromatic heterocycles. The zero-order valence-corrected chi connectivity index (χ0v) is 13.5. The van der Waals surface area contributed by atoms with Crippen molar-refractivity contribution in [3.8, 4) is 0 Å². The molecule has 2 aromatic rings. The highest BCUT2D eigenvalue weighted by Crippen LogP contribution is 2.33. The molecule has 126 valence electrons. The van der Waals surface area contributed by atoms with E-state index in [0.717, 1.165) is 0 Å². The molecular weight excluding hydrogens is 308 g/mol. The molecule has 1 aliphatic rings. The van der Waals surface area contributed by atoms with Crippen LogP contribution in [0.4, 0.5) is 5.82 Å². The fourth-order valence-corrected chi connectivity index (χ4v) is 3.41. The van der Waals surface area contributed by atoms with Crippen molar-refractivity contribution in [3.05, 3.63) is 63.8 Å². The fourth-order valence-electron chi connectivity index (χ4n) is 3.41. The number of likely N-dealkylation sites (tertiary alicyclic amines) is 1. The molecule has 0 radical (unpaired) electrons. The van der Waals surface area contributed by atoms with E-state index in [4.69, 9.17) is 5.73 Å². The Morgan fingerprint density at radius 3 is 2.54 bits per heavy atom. The van der Waals surface area contributed by atoms with Gasteiger partial charge in [0, 0.05) is 25.1 Å². The second kappa shape index (κ2) is 6.45. The number of nitro groups is 1. The quantitative estimate of drug-likeness (QED) is 0.683. The molecule has 24 heavy (non-hydrogen) atoms. The molecule has 1 fully saturated rings. The third kappa shape index (κ3) is 2.78. The van der Waals surface area contributed by atoms with Gasteiger partial charge in [0.05, 0.1) is 7.05 Å². The summed E-state index contributed by atoms with van der Waals surface area (Å²) in [5.41, 5.74) is 7.40. The molecular formula is C17H20N4O3. The minimum absolute atomic E-state index is 0.0902. The van der Waals surface area contributed by atoms with Crippen LogP contribution in [0, 0.1) is 16.0 Å². The van der Waals surface area contributed by atoms with Crippen LogP contribution in [0.15, 0.2) is 42.5 Å². The zero-order valence-electron chi connectivity index (χ0n) is 13.5. The molecule has 2 atom stereocenters. The van der Waals surface area contributed by atoms with E-state index in [-0.39, 0.29) is 23.6 Å². The molecule has 1 aromatic carbocycles. The van der Waals surface area contributed by atoms with Gasteiger partial charge in [-0.3, -0.25) is 4.79 Å². The van der Waals surface area contributed by atoms with Gasteiger partial charge in [-0.15, -0.1) is 0 Å². The average molecular weight is 328 g/mol. The predicted molar refractivity (Wildman–Crippen MR) is 89.7 cm³/mol. The van der Waals surface area contributed by atoms with Crippen LogP contribution in [-0.4, -0.2) is 39.9 Å². The van der Waals surface area contributed by atoms with Crippen molar-refractivity contribution in [1.82, 2.24) is 9.47 Å². The first-order chi connectivity index (χ1) is 11.5. The number of nitrogens with zero attached hydrogens (tertiary/aromatic N) is 3.